The van der Waals surface area contributed by atoms with E-state index in [9.17, 15) is 24.3 Å². The third kappa shape index (κ3) is 5.74. The number of likely N-dealkylation sites (tertiary alicyclic amines) is 1. The lowest BCUT2D eigenvalue weighted by atomic mass is 9.83. The predicted molar refractivity (Wildman–Crippen MR) is 112 cm³/mol. The van der Waals surface area contributed by atoms with Gasteiger partial charge in [0, 0.05) is 12.1 Å². The van der Waals surface area contributed by atoms with Gasteiger partial charge in [-0.15, -0.1) is 0 Å². The van der Waals surface area contributed by atoms with E-state index in [2.05, 4.69) is 5.32 Å². The van der Waals surface area contributed by atoms with Gasteiger partial charge >= 0.3 is 12.1 Å². The first-order valence-electron chi connectivity index (χ1n) is 10.5. The number of carbonyl (C=O) groups excluding carboxylic acids is 3. The van der Waals surface area contributed by atoms with Crippen LogP contribution >= 0.6 is 0 Å². The topological polar surface area (TPSA) is 122 Å². The number of esters is 1. The number of hydrogen-bond donors (Lipinski definition) is 2. The van der Waals surface area contributed by atoms with Crippen LogP contribution in [0.25, 0.3) is 0 Å². The van der Waals surface area contributed by atoms with E-state index in [1.165, 1.54) is 4.90 Å². The summed E-state index contributed by atoms with van der Waals surface area (Å²) in [7, 11) is 0. The van der Waals surface area contributed by atoms with Crippen LogP contribution in [0.2, 0.25) is 0 Å². The number of carbonyl (C=O) groups is 4. The summed E-state index contributed by atoms with van der Waals surface area (Å²) in [4.78, 5) is 50.0. The minimum absolute atomic E-state index is 0.229. The molecular weight excluding hydrogens is 404 g/mol. The highest BCUT2D eigenvalue weighted by Gasteiger charge is 2.47. The summed E-state index contributed by atoms with van der Waals surface area (Å²) >= 11 is 0. The Morgan fingerprint density at radius 2 is 1.84 bits per heavy atom. The van der Waals surface area contributed by atoms with E-state index in [1.807, 2.05) is 0 Å². The molecule has 0 aromatic heterocycles. The lowest BCUT2D eigenvalue weighted by Crippen LogP contribution is -2.63. The molecule has 2 amide bonds. The molecule has 0 spiro atoms. The molecule has 0 saturated carbocycles. The molecular formula is C22H30N2O7. The van der Waals surface area contributed by atoms with Crippen LogP contribution in [-0.4, -0.2) is 65.1 Å². The summed E-state index contributed by atoms with van der Waals surface area (Å²) in [6.45, 7) is 5.39. The molecule has 1 saturated heterocycles. The third-order valence-corrected chi connectivity index (χ3v) is 5.52. The maximum absolute atomic E-state index is 13.0. The van der Waals surface area contributed by atoms with Crippen LogP contribution in [0, 0.1) is 0 Å². The molecule has 1 aromatic carbocycles. The third-order valence-electron chi connectivity index (χ3n) is 5.52. The Bertz CT molecular complexity index is 809. The Hall–Kier alpha value is -3.10. The van der Waals surface area contributed by atoms with Gasteiger partial charge in [-0.3, -0.25) is 14.5 Å². The Kier molecular flexibility index (Phi) is 8.41. The van der Waals surface area contributed by atoms with Gasteiger partial charge < -0.3 is 19.9 Å². The number of Topliss-reactive ketones (excluding diaryl/α,β-unsaturated/α-hetero) is 1. The van der Waals surface area contributed by atoms with Crippen LogP contribution in [0.15, 0.2) is 24.3 Å². The van der Waals surface area contributed by atoms with Gasteiger partial charge in [-0.25, -0.2) is 9.59 Å². The van der Waals surface area contributed by atoms with Crippen LogP contribution in [0.4, 0.5) is 4.79 Å². The quantitative estimate of drug-likeness (QED) is 0.452. The molecule has 1 aliphatic rings. The summed E-state index contributed by atoms with van der Waals surface area (Å²) in [5, 5.41) is 12.3. The fourth-order valence-electron chi connectivity index (χ4n) is 3.79. The summed E-state index contributed by atoms with van der Waals surface area (Å²) in [6, 6.07) is 5.37. The lowest BCUT2D eigenvalue weighted by molar-refractivity contribution is -0.145. The second-order valence-electron chi connectivity index (χ2n) is 7.45. The number of piperidine rings is 1. The Labute approximate surface area is 181 Å². The number of ketones is 1. The Morgan fingerprint density at radius 3 is 2.42 bits per heavy atom. The summed E-state index contributed by atoms with van der Waals surface area (Å²) in [5.41, 5.74) is -0.802. The van der Waals surface area contributed by atoms with Crippen LogP contribution in [-0.2, 0) is 14.3 Å². The van der Waals surface area contributed by atoms with Gasteiger partial charge in [-0.1, -0.05) is 6.92 Å². The molecule has 9 nitrogen and oxygen atoms in total. The van der Waals surface area contributed by atoms with E-state index in [1.54, 1.807) is 45.0 Å². The van der Waals surface area contributed by atoms with Crippen LogP contribution in [0.1, 0.15) is 56.8 Å². The molecule has 2 N–H and O–H groups in total. The normalized spacial score (nSPS) is 19.3. The number of benzene rings is 1. The highest BCUT2D eigenvalue weighted by molar-refractivity contribution is 6.03. The molecule has 0 radical (unpaired) electrons. The molecule has 0 bridgehead atoms. The van der Waals surface area contributed by atoms with Gasteiger partial charge in [0.05, 0.1) is 12.6 Å². The van der Waals surface area contributed by atoms with Gasteiger partial charge in [0.1, 0.15) is 11.3 Å². The van der Waals surface area contributed by atoms with Crippen molar-refractivity contribution in [3.8, 4) is 5.75 Å². The van der Waals surface area contributed by atoms with E-state index < -0.39 is 29.6 Å². The van der Waals surface area contributed by atoms with Gasteiger partial charge in [0.2, 0.25) is 5.91 Å². The van der Waals surface area contributed by atoms with Crippen molar-refractivity contribution in [1.82, 2.24) is 10.2 Å². The molecule has 1 aliphatic heterocycles. The van der Waals surface area contributed by atoms with Crippen molar-refractivity contribution in [3.05, 3.63) is 29.8 Å². The Morgan fingerprint density at radius 1 is 1.16 bits per heavy atom. The first-order chi connectivity index (χ1) is 14.7. The molecule has 2 atom stereocenters. The standard InChI is InChI=1S/C22H30N2O7/c1-4-22(12-6-7-13-24(22)21(28)29)20(27)23-15(3)19(26)16-8-10-17(11-9-16)31-14-18(25)30-5-2/h8-11,15H,4-7,12-14H2,1-3H3,(H,23,27)(H,28,29). The molecule has 2 rings (SSSR count). The maximum atomic E-state index is 13.0. The van der Waals surface area contributed by atoms with Crippen molar-refractivity contribution in [2.45, 2.75) is 58.0 Å². The predicted octanol–water partition coefficient (Wildman–Crippen LogP) is 2.63. The maximum Gasteiger partial charge on any atom is 0.408 e. The lowest BCUT2D eigenvalue weighted by Gasteiger charge is -2.44. The number of rotatable bonds is 9. The van der Waals surface area contributed by atoms with Gasteiger partial charge in [0.15, 0.2) is 12.4 Å². The molecule has 1 heterocycles. The summed E-state index contributed by atoms with van der Waals surface area (Å²) in [6.07, 6.45) is 1.09. The van der Waals surface area contributed by atoms with Gasteiger partial charge in [-0.2, -0.15) is 0 Å². The van der Waals surface area contributed by atoms with E-state index in [-0.39, 0.29) is 19.0 Å². The number of carboxylic acid groups (broad SMARTS) is 1. The van der Waals surface area contributed by atoms with Crippen LogP contribution < -0.4 is 10.1 Å². The fourth-order valence-corrected chi connectivity index (χ4v) is 3.79. The minimum Gasteiger partial charge on any atom is -0.482 e. The molecule has 31 heavy (non-hydrogen) atoms. The zero-order chi connectivity index (χ0) is 23.0. The van der Waals surface area contributed by atoms with Crippen molar-refractivity contribution in [3.63, 3.8) is 0 Å². The zero-order valence-electron chi connectivity index (χ0n) is 18.2. The van der Waals surface area contributed by atoms with Gasteiger partial charge in [-0.05, 0) is 63.8 Å². The molecule has 1 aromatic rings. The van der Waals surface area contributed by atoms with E-state index in [0.29, 0.717) is 37.1 Å². The summed E-state index contributed by atoms with van der Waals surface area (Å²) in [5.74, 6) is -0.839. The molecule has 9 heteroatoms. The SMILES string of the molecule is CCOC(=O)COc1ccc(C(=O)C(C)NC(=O)C2(CC)CCCCN2C(=O)O)cc1. The van der Waals surface area contributed by atoms with Crippen LogP contribution in [0.3, 0.4) is 0 Å². The fraction of sp³-hybridized carbons (Fsp3) is 0.545. The number of nitrogens with one attached hydrogen (secondary N) is 1. The number of amides is 2. The highest BCUT2D eigenvalue weighted by atomic mass is 16.6. The van der Waals surface area contributed by atoms with Gasteiger partial charge in [0.25, 0.3) is 0 Å². The van der Waals surface area contributed by atoms with Crippen molar-refractivity contribution in [1.29, 1.82) is 0 Å². The largest absolute Gasteiger partial charge is 0.482 e. The first kappa shape index (κ1) is 24.2. The minimum atomic E-state index is -1.16. The summed E-state index contributed by atoms with van der Waals surface area (Å²) < 4.78 is 10.1. The highest BCUT2D eigenvalue weighted by Crippen LogP contribution is 2.32. The average molecular weight is 434 g/mol. The Balaban J connectivity index is 2.03. The van der Waals surface area contributed by atoms with E-state index >= 15 is 0 Å². The first-order valence-corrected chi connectivity index (χ1v) is 10.5. The van der Waals surface area contributed by atoms with Crippen molar-refractivity contribution in [2.75, 3.05) is 19.8 Å². The second kappa shape index (κ2) is 10.8. The van der Waals surface area contributed by atoms with Crippen molar-refractivity contribution < 1.29 is 33.8 Å². The smallest absolute Gasteiger partial charge is 0.408 e. The molecule has 2 unspecified atom stereocenters. The average Bonchev–Trinajstić information content (AvgIpc) is 2.77. The monoisotopic (exact) mass is 434 g/mol. The zero-order valence-corrected chi connectivity index (χ0v) is 18.2. The van der Waals surface area contributed by atoms with E-state index in [4.69, 9.17) is 9.47 Å². The number of hydrogen-bond acceptors (Lipinski definition) is 6. The van der Waals surface area contributed by atoms with Crippen LogP contribution in [0.5, 0.6) is 5.75 Å². The van der Waals surface area contributed by atoms with Crippen molar-refractivity contribution in [2.24, 2.45) is 0 Å². The number of ether oxygens (including phenoxy) is 2. The second-order valence-corrected chi connectivity index (χ2v) is 7.45. The molecule has 1 fully saturated rings. The number of nitrogens with zero attached hydrogens (tertiary/aromatic N) is 1. The molecule has 170 valence electrons. The van der Waals surface area contributed by atoms with E-state index in [0.717, 1.165) is 6.42 Å². The molecule has 0 aliphatic carbocycles. The van der Waals surface area contributed by atoms with Crippen molar-refractivity contribution >= 4 is 23.8 Å².